The standard InChI is InChI=1S/C25H22Cl2N2O4/c1-3-28(4-2)29(21-15-23(30)24(21)31)22(25(32)33)14-17-10-8-16(9-11-17)12-13-18-19(26)6-5-7-20(18)27/h5-11,15,22H,3-4,14H2,1-2H3,(H,32,33). The van der Waals surface area contributed by atoms with Crippen LogP contribution in [0, 0.1) is 11.8 Å². The van der Waals surface area contributed by atoms with E-state index < -0.39 is 22.9 Å². The van der Waals surface area contributed by atoms with Crippen molar-refractivity contribution in [3.05, 3.63) is 95.7 Å². The molecule has 3 rings (SSSR count). The normalized spacial score (nSPS) is 11.8. The molecule has 0 spiro atoms. The fraction of sp³-hybridized carbons (Fsp3) is 0.240. The summed E-state index contributed by atoms with van der Waals surface area (Å²) < 4.78 is 0. The molecule has 3 aromatic carbocycles. The molecule has 33 heavy (non-hydrogen) atoms. The van der Waals surface area contributed by atoms with Gasteiger partial charge in [-0.15, -0.1) is 0 Å². The molecule has 1 N–H and O–H groups in total. The summed E-state index contributed by atoms with van der Waals surface area (Å²) in [6, 6.07) is 12.5. The van der Waals surface area contributed by atoms with Crippen molar-refractivity contribution < 1.29 is 9.90 Å². The molecular formula is C25H22Cl2N2O4. The summed E-state index contributed by atoms with van der Waals surface area (Å²) in [7, 11) is 0. The minimum absolute atomic E-state index is 0.107. The second-order valence-corrected chi connectivity index (χ2v) is 8.12. The molecule has 0 saturated carbocycles. The lowest BCUT2D eigenvalue weighted by Crippen LogP contribution is -2.57. The first kappa shape index (κ1) is 24.5. The van der Waals surface area contributed by atoms with Crippen LogP contribution in [-0.4, -0.2) is 35.2 Å². The molecule has 0 saturated heterocycles. The van der Waals surface area contributed by atoms with E-state index in [4.69, 9.17) is 23.2 Å². The van der Waals surface area contributed by atoms with Crippen molar-refractivity contribution in [2.45, 2.75) is 26.3 Å². The highest BCUT2D eigenvalue weighted by atomic mass is 35.5. The Morgan fingerprint density at radius 2 is 1.61 bits per heavy atom. The maximum absolute atomic E-state index is 12.2. The molecule has 0 fully saturated rings. The molecular weight excluding hydrogens is 463 g/mol. The van der Waals surface area contributed by atoms with E-state index in [-0.39, 0.29) is 12.1 Å². The molecule has 0 aliphatic heterocycles. The second kappa shape index (κ2) is 10.7. The van der Waals surface area contributed by atoms with Gasteiger partial charge in [-0.25, -0.2) is 9.80 Å². The van der Waals surface area contributed by atoms with Crippen LogP contribution in [0.2, 0.25) is 10.0 Å². The zero-order valence-electron chi connectivity index (χ0n) is 18.1. The van der Waals surface area contributed by atoms with Gasteiger partial charge in [-0.2, -0.15) is 0 Å². The number of carboxylic acids is 1. The Morgan fingerprint density at radius 3 is 2.09 bits per heavy atom. The maximum Gasteiger partial charge on any atom is 0.328 e. The summed E-state index contributed by atoms with van der Waals surface area (Å²) in [5.41, 5.74) is 0.822. The van der Waals surface area contributed by atoms with Gasteiger partial charge in [-0.3, -0.25) is 14.6 Å². The van der Waals surface area contributed by atoms with Crippen LogP contribution < -0.4 is 15.9 Å². The molecule has 0 bridgehead atoms. The Labute approximate surface area is 201 Å². The first-order chi connectivity index (χ1) is 15.8. The summed E-state index contributed by atoms with van der Waals surface area (Å²) >= 11 is 12.3. The van der Waals surface area contributed by atoms with Gasteiger partial charge in [0.25, 0.3) is 0 Å². The molecule has 0 radical (unpaired) electrons. The lowest BCUT2D eigenvalue weighted by Gasteiger charge is -2.39. The number of benzene rings is 2. The number of hydrogen-bond donors (Lipinski definition) is 1. The van der Waals surface area contributed by atoms with E-state index in [1.807, 2.05) is 13.8 Å². The van der Waals surface area contributed by atoms with E-state index in [2.05, 4.69) is 11.8 Å². The van der Waals surface area contributed by atoms with Gasteiger partial charge in [-0.05, 0) is 29.8 Å². The van der Waals surface area contributed by atoms with Gasteiger partial charge in [0.15, 0.2) is 0 Å². The molecule has 0 aromatic heterocycles. The topological polar surface area (TPSA) is 77.9 Å². The SMILES string of the molecule is CCN(CC)N(c1cc(=O)c1=O)C(Cc1ccc(C#Cc2c(Cl)cccc2Cl)cc1)C(=O)O. The van der Waals surface area contributed by atoms with Crippen molar-refractivity contribution >= 4 is 34.9 Å². The number of carboxylic acid groups (broad SMARTS) is 1. The lowest BCUT2D eigenvalue weighted by atomic mass is 10.0. The number of rotatable bonds is 8. The number of hydrazine groups is 1. The van der Waals surface area contributed by atoms with Gasteiger partial charge in [0.05, 0.1) is 15.6 Å². The summed E-state index contributed by atoms with van der Waals surface area (Å²) in [5, 5.41) is 14.0. The molecule has 8 heteroatoms. The average Bonchev–Trinajstić information content (AvgIpc) is 2.80. The number of hydrogen-bond acceptors (Lipinski definition) is 5. The number of anilines is 1. The molecule has 6 nitrogen and oxygen atoms in total. The van der Waals surface area contributed by atoms with E-state index in [0.717, 1.165) is 5.56 Å². The van der Waals surface area contributed by atoms with Gasteiger partial charge in [0, 0.05) is 31.1 Å². The second-order valence-electron chi connectivity index (χ2n) is 7.31. The Morgan fingerprint density at radius 1 is 1.00 bits per heavy atom. The largest absolute Gasteiger partial charge is 0.480 e. The van der Waals surface area contributed by atoms with Crippen LogP contribution in [0.5, 0.6) is 0 Å². The molecule has 0 heterocycles. The predicted molar refractivity (Wildman–Crippen MR) is 131 cm³/mol. The molecule has 1 unspecified atom stereocenters. The minimum atomic E-state index is -1.09. The summed E-state index contributed by atoms with van der Waals surface area (Å²) in [5.74, 6) is 4.88. The van der Waals surface area contributed by atoms with Crippen LogP contribution in [0.25, 0.3) is 0 Å². The predicted octanol–water partition coefficient (Wildman–Crippen LogP) is 3.75. The summed E-state index contributed by atoms with van der Waals surface area (Å²) in [6.45, 7) is 4.69. The van der Waals surface area contributed by atoms with Crippen LogP contribution in [0.4, 0.5) is 5.69 Å². The highest BCUT2D eigenvalue weighted by molar-refractivity contribution is 6.36. The average molecular weight is 485 g/mol. The molecule has 3 aromatic rings. The zero-order valence-corrected chi connectivity index (χ0v) is 19.7. The number of halogens is 2. The van der Waals surface area contributed by atoms with Crippen molar-refractivity contribution in [2.24, 2.45) is 0 Å². The minimum Gasteiger partial charge on any atom is -0.480 e. The highest BCUT2D eigenvalue weighted by Gasteiger charge is 2.33. The fourth-order valence-electron chi connectivity index (χ4n) is 3.50. The summed E-state index contributed by atoms with van der Waals surface area (Å²) in [4.78, 5) is 35.7. The van der Waals surface area contributed by atoms with E-state index in [1.165, 1.54) is 11.1 Å². The third-order valence-corrected chi connectivity index (χ3v) is 5.89. The van der Waals surface area contributed by atoms with Gasteiger partial charge < -0.3 is 5.11 Å². The van der Waals surface area contributed by atoms with Crippen molar-refractivity contribution in [2.75, 3.05) is 18.1 Å². The Bertz CT molecular complexity index is 1260. The Balaban J connectivity index is 1.86. The van der Waals surface area contributed by atoms with Gasteiger partial charge in [0.2, 0.25) is 10.9 Å². The van der Waals surface area contributed by atoms with Crippen molar-refractivity contribution in [3.8, 4) is 11.8 Å². The third-order valence-electron chi connectivity index (χ3n) is 5.26. The van der Waals surface area contributed by atoms with Crippen molar-refractivity contribution in [1.82, 2.24) is 5.01 Å². The van der Waals surface area contributed by atoms with Crippen LogP contribution >= 0.6 is 23.2 Å². The van der Waals surface area contributed by atoms with Crippen molar-refractivity contribution in [3.63, 3.8) is 0 Å². The Kier molecular flexibility index (Phi) is 7.93. The molecule has 0 amide bonds. The first-order valence-corrected chi connectivity index (χ1v) is 11.1. The quantitative estimate of drug-likeness (QED) is 0.298. The van der Waals surface area contributed by atoms with Gasteiger partial charge >= 0.3 is 5.97 Å². The van der Waals surface area contributed by atoms with Crippen LogP contribution in [0.1, 0.15) is 30.5 Å². The van der Waals surface area contributed by atoms with Gasteiger partial charge in [-0.1, -0.05) is 67.1 Å². The third kappa shape index (κ3) is 5.45. The van der Waals surface area contributed by atoms with E-state index in [0.29, 0.717) is 34.3 Å². The molecule has 1 atom stereocenters. The number of nitrogens with zero attached hydrogens (tertiary/aromatic N) is 2. The first-order valence-electron chi connectivity index (χ1n) is 10.4. The molecule has 0 aliphatic rings. The fourth-order valence-corrected chi connectivity index (χ4v) is 3.99. The van der Waals surface area contributed by atoms with Crippen molar-refractivity contribution in [1.29, 1.82) is 0 Å². The monoisotopic (exact) mass is 484 g/mol. The Hall–Kier alpha value is -3.11. The maximum atomic E-state index is 12.2. The van der Waals surface area contributed by atoms with E-state index in [9.17, 15) is 19.5 Å². The van der Waals surface area contributed by atoms with E-state index in [1.54, 1.807) is 47.5 Å². The lowest BCUT2D eigenvalue weighted by molar-refractivity contribution is -0.139. The van der Waals surface area contributed by atoms with E-state index >= 15 is 0 Å². The number of carbonyl (C=O) groups is 1. The van der Waals surface area contributed by atoms with Crippen LogP contribution in [-0.2, 0) is 11.2 Å². The molecule has 0 aliphatic carbocycles. The van der Waals surface area contributed by atoms with Crippen LogP contribution in [0.15, 0.2) is 58.1 Å². The highest BCUT2D eigenvalue weighted by Crippen LogP contribution is 2.23. The van der Waals surface area contributed by atoms with Gasteiger partial charge in [0.1, 0.15) is 11.7 Å². The number of aliphatic carboxylic acids is 1. The smallest absolute Gasteiger partial charge is 0.328 e. The summed E-state index contributed by atoms with van der Waals surface area (Å²) in [6.07, 6.45) is 0.134. The molecule has 170 valence electrons. The van der Waals surface area contributed by atoms with Crippen LogP contribution in [0.3, 0.4) is 0 Å². The zero-order chi connectivity index (χ0) is 24.1.